The van der Waals surface area contributed by atoms with Crippen molar-refractivity contribution < 1.29 is 4.79 Å². The summed E-state index contributed by atoms with van der Waals surface area (Å²) in [6.07, 6.45) is 6.34. The van der Waals surface area contributed by atoms with Crippen molar-refractivity contribution in [3.8, 4) is 0 Å². The third-order valence-electron chi connectivity index (χ3n) is 4.66. The van der Waals surface area contributed by atoms with Gasteiger partial charge < -0.3 is 11.1 Å². The van der Waals surface area contributed by atoms with Gasteiger partial charge in [0.05, 0.1) is 0 Å². The third kappa shape index (κ3) is 4.64. The molecule has 0 bridgehead atoms. The lowest BCUT2D eigenvalue weighted by atomic mass is 10.00. The fourth-order valence-corrected chi connectivity index (χ4v) is 4.33. The number of benzene rings is 1. The summed E-state index contributed by atoms with van der Waals surface area (Å²) >= 11 is 1.90. The molecule has 2 aliphatic carbocycles. The molecule has 1 aromatic carbocycles. The van der Waals surface area contributed by atoms with Crippen LogP contribution in [0.25, 0.3) is 0 Å². The third-order valence-corrected chi connectivity index (χ3v) is 6.15. The Morgan fingerprint density at radius 2 is 2.00 bits per heavy atom. The van der Waals surface area contributed by atoms with Crippen LogP contribution in [0.5, 0.6) is 0 Å². The highest BCUT2D eigenvalue weighted by atomic mass is 35.5. The van der Waals surface area contributed by atoms with Crippen LogP contribution in [0.4, 0.5) is 0 Å². The lowest BCUT2D eigenvalue weighted by Crippen LogP contribution is -2.35. The van der Waals surface area contributed by atoms with Crippen LogP contribution in [0, 0.1) is 5.92 Å². The molecule has 0 spiro atoms. The highest BCUT2D eigenvalue weighted by Gasteiger charge is 2.44. The van der Waals surface area contributed by atoms with Crippen LogP contribution in [0.2, 0.25) is 0 Å². The van der Waals surface area contributed by atoms with E-state index in [4.69, 9.17) is 5.73 Å². The van der Waals surface area contributed by atoms with E-state index in [-0.39, 0.29) is 29.1 Å². The molecule has 1 aromatic rings. The molecule has 2 aliphatic rings. The maximum Gasteiger partial charge on any atom is 0.220 e. The van der Waals surface area contributed by atoms with Gasteiger partial charge in [0.15, 0.2) is 0 Å². The van der Waals surface area contributed by atoms with E-state index in [2.05, 4.69) is 29.6 Å². The molecule has 2 fully saturated rings. The van der Waals surface area contributed by atoms with Crippen LogP contribution >= 0.6 is 24.2 Å². The molecule has 2 saturated carbocycles. The normalized spacial score (nSPS) is 25.3. The van der Waals surface area contributed by atoms with Gasteiger partial charge in [-0.2, -0.15) is 0 Å². The maximum atomic E-state index is 12.1. The van der Waals surface area contributed by atoms with E-state index in [1.807, 2.05) is 17.8 Å². The number of nitrogens with one attached hydrogen (secondary N) is 1. The molecular formula is C17H25ClN2OS. The smallest absolute Gasteiger partial charge is 0.220 e. The van der Waals surface area contributed by atoms with Crippen molar-refractivity contribution in [3.05, 3.63) is 30.3 Å². The SMILES string of the molecule is Cl.N[C@@H]1CCC[C@H]1CC(=O)NCC1(Sc2ccccc2)CC1. The van der Waals surface area contributed by atoms with Gasteiger partial charge in [0.1, 0.15) is 0 Å². The average molecular weight is 341 g/mol. The minimum Gasteiger partial charge on any atom is -0.355 e. The molecule has 22 heavy (non-hydrogen) atoms. The number of nitrogens with two attached hydrogens (primary N) is 1. The van der Waals surface area contributed by atoms with Gasteiger partial charge >= 0.3 is 0 Å². The molecular weight excluding hydrogens is 316 g/mol. The fraction of sp³-hybridized carbons (Fsp3) is 0.588. The first kappa shape index (κ1) is 17.6. The first-order valence-electron chi connectivity index (χ1n) is 7.93. The summed E-state index contributed by atoms with van der Waals surface area (Å²) in [7, 11) is 0. The van der Waals surface area contributed by atoms with E-state index < -0.39 is 0 Å². The predicted octanol–water partition coefficient (Wildman–Crippen LogP) is 3.37. The van der Waals surface area contributed by atoms with Crippen molar-refractivity contribution in [2.24, 2.45) is 11.7 Å². The Bertz CT molecular complexity index is 493. The van der Waals surface area contributed by atoms with Gasteiger partial charge in [-0.05, 0) is 43.7 Å². The van der Waals surface area contributed by atoms with E-state index in [1.165, 1.54) is 24.2 Å². The minimum atomic E-state index is 0. The first-order valence-corrected chi connectivity index (χ1v) is 8.75. The Hall–Kier alpha value is -0.710. The summed E-state index contributed by atoms with van der Waals surface area (Å²) in [5, 5.41) is 3.14. The second kappa shape index (κ2) is 7.71. The van der Waals surface area contributed by atoms with Crippen LogP contribution in [-0.4, -0.2) is 23.2 Å². The molecule has 122 valence electrons. The lowest BCUT2D eigenvalue weighted by Gasteiger charge is -2.18. The quantitative estimate of drug-likeness (QED) is 0.834. The zero-order valence-corrected chi connectivity index (χ0v) is 14.4. The topological polar surface area (TPSA) is 55.1 Å². The highest BCUT2D eigenvalue weighted by Crippen LogP contribution is 2.51. The van der Waals surface area contributed by atoms with Crippen LogP contribution in [0.3, 0.4) is 0 Å². The van der Waals surface area contributed by atoms with Crippen LogP contribution in [0.15, 0.2) is 35.2 Å². The molecule has 3 nitrogen and oxygen atoms in total. The van der Waals surface area contributed by atoms with Crippen molar-refractivity contribution in [3.63, 3.8) is 0 Å². The number of thioether (sulfide) groups is 1. The largest absolute Gasteiger partial charge is 0.355 e. The van der Waals surface area contributed by atoms with E-state index in [0.717, 1.165) is 19.4 Å². The van der Waals surface area contributed by atoms with E-state index in [9.17, 15) is 4.79 Å². The van der Waals surface area contributed by atoms with Gasteiger partial charge in [0, 0.05) is 28.6 Å². The van der Waals surface area contributed by atoms with Gasteiger partial charge in [0.25, 0.3) is 0 Å². The van der Waals surface area contributed by atoms with Gasteiger partial charge in [-0.15, -0.1) is 24.2 Å². The number of carbonyl (C=O) groups excluding carboxylic acids is 1. The zero-order chi connectivity index (χ0) is 14.7. The molecule has 0 radical (unpaired) electrons. The van der Waals surface area contributed by atoms with Crippen LogP contribution < -0.4 is 11.1 Å². The Morgan fingerprint density at radius 3 is 2.59 bits per heavy atom. The predicted molar refractivity (Wildman–Crippen MR) is 94.5 cm³/mol. The van der Waals surface area contributed by atoms with Crippen molar-refractivity contribution >= 4 is 30.1 Å². The van der Waals surface area contributed by atoms with Crippen molar-refractivity contribution in [2.45, 2.75) is 54.2 Å². The van der Waals surface area contributed by atoms with Crippen molar-refractivity contribution in [1.82, 2.24) is 5.32 Å². The number of amides is 1. The van der Waals surface area contributed by atoms with E-state index in [1.54, 1.807) is 0 Å². The average Bonchev–Trinajstić information content (AvgIpc) is 3.14. The summed E-state index contributed by atoms with van der Waals surface area (Å²) in [6.45, 7) is 0.785. The van der Waals surface area contributed by atoms with Gasteiger partial charge in [-0.1, -0.05) is 24.6 Å². The maximum absolute atomic E-state index is 12.1. The zero-order valence-electron chi connectivity index (χ0n) is 12.8. The molecule has 0 heterocycles. The van der Waals surface area contributed by atoms with E-state index >= 15 is 0 Å². The Labute approximate surface area is 143 Å². The standard InChI is InChI=1S/C17H24N2OS.ClH/c18-15-8-4-5-13(15)11-16(20)19-12-17(9-10-17)21-14-6-2-1-3-7-14;/h1-3,6-7,13,15H,4-5,8-12,18H2,(H,19,20);1H/t13-,15+;/m0./s1. The molecule has 0 aliphatic heterocycles. The molecule has 3 rings (SSSR count). The number of rotatable bonds is 6. The van der Waals surface area contributed by atoms with Gasteiger partial charge in [-0.25, -0.2) is 0 Å². The lowest BCUT2D eigenvalue weighted by molar-refractivity contribution is -0.122. The number of halogens is 1. The van der Waals surface area contributed by atoms with Crippen LogP contribution in [0.1, 0.15) is 38.5 Å². The molecule has 5 heteroatoms. The molecule has 3 N–H and O–H groups in total. The van der Waals surface area contributed by atoms with Crippen molar-refractivity contribution in [2.75, 3.05) is 6.54 Å². The Morgan fingerprint density at radius 1 is 1.27 bits per heavy atom. The van der Waals surface area contributed by atoms with Crippen LogP contribution in [-0.2, 0) is 4.79 Å². The summed E-state index contributed by atoms with van der Waals surface area (Å²) in [5.41, 5.74) is 6.04. The highest BCUT2D eigenvalue weighted by molar-refractivity contribution is 8.01. The van der Waals surface area contributed by atoms with Gasteiger partial charge in [-0.3, -0.25) is 4.79 Å². The number of hydrogen-bond donors (Lipinski definition) is 2. The fourth-order valence-electron chi connectivity index (χ4n) is 3.08. The first-order chi connectivity index (χ1) is 10.2. The molecule has 2 atom stereocenters. The van der Waals surface area contributed by atoms with Gasteiger partial charge in [0.2, 0.25) is 5.91 Å². The summed E-state index contributed by atoms with van der Waals surface area (Å²) in [6, 6.07) is 10.7. The molecule has 0 saturated heterocycles. The number of carbonyl (C=O) groups is 1. The summed E-state index contributed by atoms with van der Waals surface area (Å²) < 4.78 is 0.231. The molecule has 1 amide bonds. The molecule has 0 aromatic heterocycles. The summed E-state index contributed by atoms with van der Waals surface area (Å²) in [4.78, 5) is 13.4. The Balaban J connectivity index is 0.00000176. The summed E-state index contributed by atoms with van der Waals surface area (Å²) in [5.74, 6) is 0.569. The number of hydrogen-bond acceptors (Lipinski definition) is 3. The second-order valence-electron chi connectivity index (χ2n) is 6.43. The van der Waals surface area contributed by atoms with Crippen molar-refractivity contribution in [1.29, 1.82) is 0 Å². The monoisotopic (exact) mass is 340 g/mol. The Kier molecular flexibility index (Phi) is 6.18. The second-order valence-corrected chi connectivity index (χ2v) is 7.98. The molecule has 0 unspecified atom stereocenters. The van der Waals surface area contributed by atoms with E-state index in [0.29, 0.717) is 12.3 Å². The minimum absolute atomic E-state index is 0.